The monoisotopic (exact) mass is 329 g/mol. The largest absolute Gasteiger partial charge is 0.490 e. The summed E-state index contributed by atoms with van der Waals surface area (Å²) in [7, 11) is 0. The number of aliphatic carboxylic acids is 1. The molecule has 0 unspecified atom stereocenters. The molecule has 22 heavy (non-hydrogen) atoms. The Morgan fingerprint density at radius 1 is 1.32 bits per heavy atom. The lowest BCUT2D eigenvalue weighted by Crippen LogP contribution is -2.38. The van der Waals surface area contributed by atoms with Crippen LogP contribution in [0.25, 0.3) is 0 Å². The van der Waals surface area contributed by atoms with Gasteiger partial charge in [-0.2, -0.15) is 0 Å². The predicted octanol–water partition coefficient (Wildman–Crippen LogP) is 2.73. The number of hydrogen-bond donors (Lipinski definition) is 2. The zero-order valence-corrected chi connectivity index (χ0v) is 13.6. The fraction of sp³-hybridized carbons (Fsp3) is 0.467. The maximum atomic E-state index is 12.1. The van der Waals surface area contributed by atoms with Crippen LogP contribution in [0.1, 0.15) is 37.6 Å². The van der Waals surface area contributed by atoms with E-state index in [0.29, 0.717) is 24.7 Å². The minimum atomic E-state index is -1.12. The molecule has 0 bridgehead atoms. The van der Waals surface area contributed by atoms with Crippen LogP contribution in [0.4, 0.5) is 0 Å². The summed E-state index contributed by atoms with van der Waals surface area (Å²) in [4.78, 5) is 22.9. The van der Waals surface area contributed by atoms with E-state index in [4.69, 9.17) is 26.2 Å². The standard InChI is InChI=1S/C15H20ClNO5/c1-4-6-22-13-11(16)7-10(8-12(13)21-5-2)14(18)17-9(3)15(19)20/h7-9H,4-6H2,1-3H3,(H,17,18)(H,19,20)/t9-/m1/s1. The molecule has 0 saturated carbocycles. The van der Waals surface area contributed by atoms with Gasteiger partial charge in [0.25, 0.3) is 5.91 Å². The van der Waals surface area contributed by atoms with E-state index in [2.05, 4.69) is 5.32 Å². The first kappa shape index (κ1) is 18.1. The van der Waals surface area contributed by atoms with Gasteiger partial charge in [-0.25, -0.2) is 0 Å². The Bertz CT molecular complexity index is 547. The number of hydrogen-bond acceptors (Lipinski definition) is 4. The van der Waals surface area contributed by atoms with Crippen molar-refractivity contribution >= 4 is 23.5 Å². The summed E-state index contributed by atoms with van der Waals surface area (Å²) in [5.41, 5.74) is 0.213. The molecule has 2 N–H and O–H groups in total. The van der Waals surface area contributed by atoms with Gasteiger partial charge in [-0.3, -0.25) is 9.59 Å². The highest BCUT2D eigenvalue weighted by atomic mass is 35.5. The van der Waals surface area contributed by atoms with Gasteiger partial charge in [-0.05, 0) is 32.4 Å². The van der Waals surface area contributed by atoms with Crippen molar-refractivity contribution in [2.75, 3.05) is 13.2 Å². The number of amides is 1. The van der Waals surface area contributed by atoms with E-state index in [0.717, 1.165) is 6.42 Å². The van der Waals surface area contributed by atoms with Crippen molar-refractivity contribution < 1.29 is 24.2 Å². The third-order valence-corrected chi connectivity index (χ3v) is 3.02. The topological polar surface area (TPSA) is 84.9 Å². The fourth-order valence-corrected chi connectivity index (χ4v) is 1.91. The van der Waals surface area contributed by atoms with Crippen LogP contribution in [0.2, 0.25) is 5.02 Å². The summed E-state index contributed by atoms with van der Waals surface area (Å²) in [6.07, 6.45) is 0.806. The zero-order valence-electron chi connectivity index (χ0n) is 12.8. The summed E-state index contributed by atoms with van der Waals surface area (Å²) in [6, 6.07) is 1.92. The lowest BCUT2D eigenvalue weighted by Gasteiger charge is -2.15. The highest BCUT2D eigenvalue weighted by molar-refractivity contribution is 6.32. The average molecular weight is 330 g/mol. The number of benzene rings is 1. The van der Waals surface area contributed by atoms with E-state index < -0.39 is 17.9 Å². The fourth-order valence-electron chi connectivity index (χ4n) is 1.65. The third kappa shape index (κ3) is 4.80. The molecule has 0 aliphatic rings. The molecule has 6 nitrogen and oxygen atoms in total. The van der Waals surface area contributed by atoms with Gasteiger partial charge in [-0.15, -0.1) is 0 Å². The van der Waals surface area contributed by atoms with Crippen molar-refractivity contribution in [2.24, 2.45) is 0 Å². The average Bonchev–Trinajstić information content (AvgIpc) is 2.46. The summed E-state index contributed by atoms with van der Waals surface area (Å²) in [5.74, 6) is -0.919. The number of nitrogens with one attached hydrogen (secondary N) is 1. The summed E-state index contributed by atoms with van der Waals surface area (Å²) in [5, 5.41) is 11.4. The third-order valence-electron chi connectivity index (χ3n) is 2.74. The molecule has 1 aromatic carbocycles. The molecule has 0 heterocycles. The van der Waals surface area contributed by atoms with E-state index in [-0.39, 0.29) is 10.6 Å². The van der Waals surface area contributed by atoms with Crippen molar-refractivity contribution in [1.29, 1.82) is 0 Å². The minimum absolute atomic E-state index is 0.213. The number of rotatable bonds is 8. The predicted molar refractivity (Wildman–Crippen MR) is 83.0 cm³/mol. The van der Waals surface area contributed by atoms with Crippen LogP contribution in [-0.4, -0.2) is 36.2 Å². The Kier molecular flexibility index (Phi) is 6.98. The molecule has 7 heteroatoms. The van der Waals surface area contributed by atoms with Crippen LogP contribution >= 0.6 is 11.6 Å². The first-order valence-corrected chi connectivity index (χ1v) is 7.41. The molecule has 0 fully saturated rings. The van der Waals surface area contributed by atoms with Gasteiger partial charge in [0, 0.05) is 5.56 Å². The molecule has 0 aliphatic carbocycles. The normalized spacial score (nSPS) is 11.6. The van der Waals surface area contributed by atoms with Crippen molar-refractivity contribution in [3.05, 3.63) is 22.7 Å². The Hall–Kier alpha value is -1.95. The Morgan fingerprint density at radius 2 is 2.00 bits per heavy atom. The molecule has 0 aliphatic heterocycles. The smallest absolute Gasteiger partial charge is 0.325 e. The number of carboxylic acids is 1. The van der Waals surface area contributed by atoms with Gasteiger partial charge >= 0.3 is 5.97 Å². The number of halogens is 1. The number of carboxylic acid groups (broad SMARTS) is 1. The van der Waals surface area contributed by atoms with Crippen molar-refractivity contribution in [2.45, 2.75) is 33.2 Å². The number of ether oxygens (including phenoxy) is 2. The van der Waals surface area contributed by atoms with E-state index in [1.807, 2.05) is 6.92 Å². The molecular weight excluding hydrogens is 310 g/mol. The van der Waals surface area contributed by atoms with Crippen LogP contribution in [0, 0.1) is 0 Å². The summed E-state index contributed by atoms with van der Waals surface area (Å²) < 4.78 is 11.0. The molecule has 0 aromatic heterocycles. The minimum Gasteiger partial charge on any atom is -0.490 e. The Morgan fingerprint density at radius 3 is 2.55 bits per heavy atom. The van der Waals surface area contributed by atoms with E-state index in [1.165, 1.54) is 19.1 Å². The molecule has 122 valence electrons. The van der Waals surface area contributed by atoms with Crippen molar-refractivity contribution in [1.82, 2.24) is 5.32 Å². The van der Waals surface area contributed by atoms with Crippen molar-refractivity contribution in [3.63, 3.8) is 0 Å². The summed E-state index contributed by atoms with van der Waals surface area (Å²) in [6.45, 7) is 6.00. The van der Waals surface area contributed by atoms with Crippen LogP contribution in [0.15, 0.2) is 12.1 Å². The first-order valence-electron chi connectivity index (χ1n) is 7.03. The van der Waals surface area contributed by atoms with Crippen LogP contribution in [0.3, 0.4) is 0 Å². The molecule has 0 radical (unpaired) electrons. The Balaban J connectivity index is 3.06. The zero-order chi connectivity index (χ0) is 16.7. The van der Waals surface area contributed by atoms with Gasteiger partial charge in [0.2, 0.25) is 0 Å². The van der Waals surface area contributed by atoms with Gasteiger partial charge in [0.05, 0.1) is 18.2 Å². The van der Waals surface area contributed by atoms with Crippen LogP contribution < -0.4 is 14.8 Å². The molecule has 1 amide bonds. The van der Waals surface area contributed by atoms with Gasteiger partial charge in [-0.1, -0.05) is 18.5 Å². The van der Waals surface area contributed by atoms with E-state index in [9.17, 15) is 9.59 Å². The second-order valence-corrected chi connectivity index (χ2v) is 5.01. The first-order chi connectivity index (χ1) is 10.4. The van der Waals surface area contributed by atoms with E-state index in [1.54, 1.807) is 6.92 Å². The molecule has 0 saturated heterocycles. The molecular formula is C15H20ClNO5. The van der Waals surface area contributed by atoms with Gasteiger partial charge in [0.15, 0.2) is 11.5 Å². The summed E-state index contributed by atoms with van der Waals surface area (Å²) >= 11 is 6.15. The second-order valence-electron chi connectivity index (χ2n) is 4.60. The SMILES string of the molecule is CCCOc1c(Cl)cc(C(=O)N[C@H](C)C(=O)O)cc1OCC. The molecule has 1 atom stereocenters. The molecule has 0 spiro atoms. The van der Waals surface area contributed by atoms with E-state index >= 15 is 0 Å². The number of carbonyl (C=O) groups excluding carboxylic acids is 1. The second kappa shape index (κ2) is 8.48. The Labute approximate surface area is 134 Å². The van der Waals surface area contributed by atoms with Crippen molar-refractivity contribution in [3.8, 4) is 11.5 Å². The number of carbonyl (C=O) groups is 2. The maximum absolute atomic E-state index is 12.1. The van der Waals surface area contributed by atoms with Gasteiger partial charge < -0.3 is 19.9 Å². The highest BCUT2D eigenvalue weighted by Gasteiger charge is 2.19. The molecule has 1 rings (SSSR count). The lowest BCUT2D eigenvalue weighted by molar-refractivity contribution is -0.138. The highest BCUT2D eigenvalue weighted by Crippen LogP contribution is 2.36. The van der Waals surface area contributed by atoms with Crippen LogP contribution in [0.5, 0.6) is 11.5 Å². The van der Waals surface area contributed by atoms with Gasteiger partial charge in [0.1, 0.15) is 6.04 Å². The lowest BCUT2D eigenvalue weighted by atomic mass is 10.1. The molecule has 1 aromatic rings. The van der Waals surface area contributed by atoms with Crippen LogP contribution in [-0.2, 0) is 4.79 Å². The quantitative estimate of drug-likeness (QED) is 0.766. The maximum Gasteiger partial charge on any atom is 0.325 e.